The maximum Gasteiger partial charge on any atom is 0.328 e. The number of rotatable bonds is 5. The number of aryl methyl sites for hydroxylation is 2. The Hall–Kier alpha value is -1.91. The molecule has 0 spiro atoms. The summed E-state index contributed by atoms with van der Waals surface area (Å²) in [6.45, 7) is 2.81. The second-order valence-corrected chi connectivity index (χ2v) is 3.86. The third-order valence-electron chi connectivity index (χ3n) is 2.25. The standard InChI is InChI=1S/C13H14F2O3/c1-8-5-10(3-4-12(16)17)6-9(2)13(8)18-7-11(14)15/h3-6,11H,7H2,1-2H3,(H,16,17)/b4-3+. The van der Waals surface area contributed by atoms with E-state index in [0.29, 0.717) is 22.4 Å². The first-order chi connectivity index (χ1) is 8.40. The lowest BCUT2D eigenvalue weighted by Crippen LogP contribution is -2.08. The van der Waals surface area contributed by atoms with E-state index in [-0.39, 0.29) is 0 Å². The van der Waals surface area contributed by atoms with Crippen molar-refractivity contribution in [2.75, 3.05) is 6.61 Å². The van der Waals surface area contributed by atoms with Crippen LogP contribution in [0, 0.1) is 13.8 Å². The van der Waals surface area contributed by atoms with Gasteiger partial charge in [0.15, 0.2) is 0 Å². The quantitative estimate of drug-likeness (QED) is 0.823. The summed E-state index contributed by atoms with van der Waals surface area (Å²) in [6, 6.07) is 3.38. The summed E-state index contributed by atoms with van der Waals surface area (Å²) in [6.07, 6.45) is -0.0528. The lowest BCUT2D eigenvalue weighted by atomic mass is 10.1. The van der Waals surface area contributed by atoms with Gasteiger partial charge in [-0.2, -0.15) is 0 Å². The van der Waals surface area contributed by atoms with E-state index in [1.807, 2.05) is 0 Å². The predicted octanol–water partition coefficient (Wildman–Crippen LogP) is 3.05. The molecule has 0 aliphatic rings. The summed E-state index contributed by atoms with van der Waals surface area (Å²) in [5.74, 6) is -0.619. The van der Waals surface area contributed by atoms with Crippen LogP contribution < -0.4 is 4.74 Å². The summed E-state index contributed by atoms with van der Waals surface area (Å²) in [4.78, 5) is 10.4. The lowest BCUT2D eigenvalue weighted by molar-refractivity contribution is -0.131. The fraction of sp³-hybridized carbons (Fsp3) is 0.308. The van der Waals surface area contributed by atoms with Gasteiger partial charge in [0.25, 0.3) is 6.43 Å². The maximum absolute atomic E-state index is 12.1. The second-order valence-electron chi connectivity index (χ2n) is 3.86. The molecule has 0 amide bonds. The molecule has 1 N–H and O–H groups in total. The van der Waals surface area contributed by atoms with E-state index in [1.54, 1.807) is 26.0 Å². The normalized spacial score (nSPS) is 11.2. The van der Waals surface area contributed by atoms with E-state index in [2.05, 4.69) is 0 Å². The molecule has 0 aromatic heterocycles. The van der Waals surface area contributed by atoms with Crippen molar-refractivity contribution in [3.63, 3.8) is 0 Å². The number of carboxylic acids is 1. The van der Waals surface area contributed by atoms with Gasteiger partial charge in [-0.05, 0) is 48.7 Å². The zero-order chi connectivity index (χ0) is 13.7. The molecule has 0 heterocycles. The van der Waals surface area contributed by atoms with Crippen molar-refractivity contribution in [3.05, 3.63) is 34.9 Å². The average Bonchev–Trinajstić information content (AvgIpc) is 2.24. The number of carboxylic acid groups (broad SMARTS) is 1. The molecular formula is C13H14F2O3. The van der Waals surface area contributed by atoms with Crippen molar-refractivity contribution in [2.45, 2.75) is 20.3 Å². The maximum atomic E-state index is 12.1. The molecule has 0 saturated heterocycles. The highest BCUT2D eigenvalue weighted by molar-refractivity contribution is 5.85. The zero-order valence-corrected chi connectivity index (χ0v) is 10.1. The van der Waals surface area contributed by atoms with Gasteiger partial charge >= 0.3 is 5.97 Å². The average molecular weight is 256 g/mol. The Labute approximate surface area is 104 Å². The van der Waals surface area contributed by atoms with Gasteiger partial charge in [0.05, 0.1) is 0 Å². The van der Waals surface area contributed by atoms with Gasteiger partial charge in [-0.3, -0.25) is 0 Å². The molecule has 0 saturated carbocycles. The van der Waals surface area contributed by atoms with Crippen LogP contribution in [0.25, 0.3) is 6.08 Å². The van der Waals surface area contributed by atoms with E-state index in [1.165, 1.54) is 6.08 Å². The monoisotopic (exact) mass is 256 g/mol. The van der Waals surface area contributed by atoms with Crippen LogP contribution in [0.2, 0.25) is 0 Å². The van der Waals surface area contributed by atoms with Gasteiger partial charge in [-0.25, -0.2) is 13.6 Å². The summed E-state index contributed by atoms with van der Waals surface area (Å²) in [5, 5.41) is 8.52. The Morgan fingerprint density at radius 1 is 1.39 bits per heavy atom. The topological polar surface area (TPSA) is 46.5 Å². The predicted molar refractivity (Wildman–Crippen MR) is 64.1 cm³/mol. The van der Waals surface area contributed by atoms with Gasteiger partial charge in [-0.1, -0.05) is 0 Å². The van der Waals surface area contributed by atoms with Crippen LogP contribution >= 0.6 is 0 Å². The molecule has 0 bridgehead atoms. The molecule has 3 nitrogen and oxygen atoms in total. The van der Waals surface area contributed by atoms with Crippen LogP contribution in [0.4, 0.5) is 8.78 Å². The highest BCUT2D eigenvalue weighted by atomic mass is 19.3. The molecule has 0 aliphatic heterocycles. The molecule has 1 aromatic carbocycles. The third-order valence-corrected chi connectivity index (χ3v) is 2.25. The second kappa shape index (κ2) is 6.14. The Morgan fingerprint density at radius 2 is 1.94 bits per heavy atom. The van der Waals surface area contributed by atoms with Crippen LogP contribution in [-0.2, 0) is 4.79 Å². The first-order valence-electron chi connectivity index (χ1n) is 5.33. The van der Waals surface area contributed by atoms with Crippen molar-refractivity contribution < 1.29 is 23.4 Å². The van der Waals surface area contributed by atoms with Crippen LogP contribution in [0.1, 0.15) is 16.7 Å². The Bertz CT molecular complexity index is 444. The number of ether oxygens (including phenoxy) is 1. The third kappa shape index (κ3) is 4.16. The minimum Gasteiger partial charge on any atom is -0.487 e. The highest BCUT2D eigenvalue weighted by Gasteiger charge is 2.09. The van der Waals surface area contributed by atoms with Gasteiger partial charge < -0.3 is 9.84 Å². The number of alkyl halides is 2. The minimum absolute atomic E-state index is 0.419. The van der Waals surface area contributed by atoms with Crippen molar-refractivity contribution in [3.8, 4) is 5.75 Å². The summed E-state index contributed by atoms with van der Waals surface area (Å²) in [7, 11) is 0. The van der Waals surface area contributed by atoms with Gasteiger partial charge in [0.2, 0.25) is 0 Å². The molecule has 0 radical (unpaired) electrons. The first kappa shape index (κ1) is 14.2. The molecule has 98 valence electrons. The molecule has 0 fully saturated rings. The summed E-state index contributed by atoms with van der Waals surface area (Å²) in [5.41, 5.74) is 2.08. The highest BCUT2D eigenvalue weighted by Crippen LogP contribution is 2.25. The Morgan fingerprint density at radius 3 is 2.39 bits per heavy atom. The van der Waals surface area contributed by atoms with Gasteiger partial charge in [0.1, 0.15) is 12.4 Å². The Kier molecular flexibility index (Phi) is 4.83. The van der Waals surface area contributed by atoms with Crippen LogP contribution in [-0.4, -0.2) is 24.1 Å². The van der Waals surface area contributed by atoms with Crippen molar-refractivity contribution in [2.24, 2.45) is 0 Å². The molecule has 18 heavy (non-hydrogen) atoms. The Balaban J connectivity index is 2.93. The number of hydrogen-bond acceptors (Lipinski definition) is 2. The van der Waals surface area contributed by atoms with E-state index in [0.717, 1.165) is 6.08 Å². The molecule has 1 aromatic rings. The van der Waals surface area contributed by atoms with Gasteiger partial charge in [-0.15, -0.1) is 0 Å². The van der Waals surface area contributed by atoms with Gasteiger partial charge in [0, 0.05) is 6.08 Å². The largest absolute Gasteiger partial charge is 0.487 e. The smallest absolute Gasteiger partial charge is 0.328 e. The fourth-order valence-corrected chi connectivity index (χ4v) is 1.62. The molecule has 0 atom stereocenters. The lowest BCUT2D eigenvalue weighted by Gasteiger charge is -2.12. The summed E-state index contributed by atoms with van der Waals surface area (Å²) < 4.78 is 29.2. The molecule has 0 aliphatic carbocycles. The number of aliphatic carboxylic acids is 1. The van der Waals surface area contributed by atoms with Crippen molar-refractivity contribution in [1.82, 2.24) is 0 Å². The van der Waals surface area contributed by atoms with Crippen molar-refractivity contribution >= 4 is 12.0 Å². The van der Waals surface area contributed by atoms with E-state index >= 15 is 0 Å². The van der Waals surface area contributed by atoms with E-state index < -0.39 is 19.0 Å². The molecular weight excluding hydrogens is 242 g/mol. The number of carbonyl (C=O) groups is 1. The van der Waals surface area contributed by atoms with Crippen molar-refractivity contribution in [1.29, 1.82) is 0 Å². The first-order valence-corrected chi connectivity index (χ1v) is 5.33. The van der Waals surface area contributed by atoms with Crippen LogP contribution in [0.5, 0.6) is 5.75 Å². The number of hydrogen-bond donors (Lipinski definition) is 1. The fourth-order valence-electron chi connectivity index (χ4n) is 1.62. The summed E-state index contributed by atoms with van der Waals surface area (Å²) >= 11 is 0. The SMILES string of the molecule is Cc1cc(/C=C/C(=O)O)cc(C)c1OCC(F)F. The van der Waals surface area contributed by atoms with Crippen LogP contribution in [0.15, 0.2) is 18.2 Å². The van der Waals surface area contributed by atoms with Crippen LogP contribution in [0.3, 0.4) is 0 Å². The number of halogens is 2. The zero-order valence-electron chi connectivity index (χ0n) is 10.1. The molecule has 0 unspecified atom stereocenters. The van der Waals surface area contributed by atoms with E-state index in [9.17, 15) is 13.6 Å². The molecule has 1 rings (SSSR count). The minimum atomic E-state index is -2.52. The van der Waals surface area contributed by atoms with E-state index in [4.69, 9.17) is 9.84 Å². The number of benzene rings is 1. The molecule has 5 heteroatoms.